The number of hydrogen-bond donors (Lipinski definition) is 13. The summed E-state index contributed by atoms with van der Waals surface area (Å²) in [6.07, 6.45) is 2.37. The van der Waals surface area contributed by atoms with E-state index >= 15 is 0 Å². The molecule has 3 aromatic heterocycles. The van der Waals surface area contributed by atoms with E-state index in [-0.39, 0.29) is 32.2 Å². The van der Waals surface area contributed by atoms with Crippen LogP contribution in [0.2, 0.25) is 0 Å². The first-order chi connectivity index (χ1) is 34.0. The molecule has 1 fully saturated rings. The summed E-state index contributed by atoms with van der Waals surface area (Å²) in [6, 6.07) is 11.0. The van der Waals surface area contributed by atoms with Gasteiger partial charge in [0, 0.05) is 77.1 Å². The number of amides is 6. The molecule has 6 aromatic rings. The first-order valence-electron chi connectivity index (χ1n) is 23.0. The molecule has 3 aromatic carbocycles. The third-order valence-electron chi connectivity index (χ3n) is 12.6. The van der Waals surface area contributed by atoms with Crippen LogP contribution in [0.5, 0.6) is 0 Å². The lowest BCUT2D eigenvalue weighted by Gasteiger charge is -2.30. The fraction of sp³-hybridized carbons (Fsp3) is 0.347. The molecular weight excluding hydrogens is 921 g/mol. The van der Waals surface area contributed by atoms with Crippen LogP contribution < -0.4 is 32.3 Å². The summed E-state index contributed by atoms with van der Waals surface area (Å²) in [7, 11) is 0. The first-order valence-corrected chi connectivity index (χ1v) is 23.0. The third-order valence-corrected chi connectivity index (χ3v) is 12.6. The number of nitrogens with zero attached hydrogens (tertiary/aromatic N) is 1. The van der Waals surface area contributed by atoms with Crippen molar-refractivity contribution < 1.29 is 58.8 Å². The average molecular weight is 977 g/mol. The van der Waals surface area contributed by atoms with E-state index in [2.05, 4.69) is 41.5 Å². The quantitative estimate of drug-likeness (QED) is 0.0421. The standard InChI is InChI=1S/C49H56N10O12/c1-25(61)42(47(68)57-39(49(70)71)19-28-23-53-35-14-7-4-11-31(28)35)58-45(66)37(20-41(62)63)54-44(65)36(17-26-21-51-33-12-5-2-9-29(26)33)55-46(67)40-15-8-16-59(40)48(69)38(56-43(64)32(50)24-60)18-27-22-52-34-13-6-3-10-30(27)34/h2-7,9-14,21-23,25,32,36-40,42,51-53,60-61H,8,15-20,24,50H2,1H3,(H,54,65)(H,55,67)(H,56,64)(H,57,68)(H,58,66)(H,62,63)(H,70,71). The second kappa shape index (κ2) is 22.6. The number of aliphatic carboxylic acids is 2. The Morgan fingerprint density at radius 1 is 0.634 bits per heavy atom. The van der Waals surface area contributed by atoms with Crippen molar-refractivity contribution >= 4 is 80.1 Å². The van der Waals surface area contributed by atoms with Crippen LogP contribution in [0.1, 0.15) is 42.9 Å². The molecule has 22 nitrogen and oxygen atoms in total. The highest BCUT2D eigenvalue weighted by Gasteiger charge is 2.41. The van der Waals surface area contributed by atoms with Crippen molar-refractivity contribution in [2.45, 2.75) is 93.8 Å². The van der Waals surface area contributed by atoms with Crippen molar-refractivity contribution in [1.82, 2.24) is 46.4 Å². The number of H-pyrrole nitrogens is 3. The molecular formula is C49H56N10O12. The number of benzene rings is 3. The number of carbonyl (C=O) groups excluding carboxylic acids is 6. The smallest absolute Gasteiger partial charge is 0.326 e. The Bertz CT molecular complexity index is 2940. The lowest BCUT2D eigenvalue weighted by atomic mass is 10.0. The van der Waals surface area contributed by atoms with Gasteiger partial charge in [0.1, 0.15) is 42.3 Å². The summed E-state index contributed by atoms with van der Waals surface area (Å²) in [5.74, 6) is -8.51. The summed E-state index contributed by atoms with van der Waals surface area (Å²) in [4.78, 5) is 119. The second-order valence-electron chi connectivity index (χ2n) is 17.6. The van der Waals surface area contributed by atoms with Crippen LogP contribution in [-0.4, -0.2) is 149 Å². The second-order valence-corrected chi connectivity index (χ2v) is 17.6. The number of likely N-dealkylation sites (tertiary alicyclic amines) is 1. The number of rotatable bonds is 22. The monoisotopic (exact) mass is 976 g/mol. The Labute approximate surface area is 405 Å². The minimum Gasteiger partial charge on any atom is -0.481 e. The van der Waals surface area contributed by atoms with Crippen LogP contribution in [0.25, 0.3) is 32.7 Å². The SMILES string of the molecule is CC(O)C(NC(=O)C(CC(=O)O)NC(=O)C(Cc1c[nH]c2ccccc12)NC(=O)C1CCCN1C(=O)C(Cc1c[nH]c2ccccc12)NC(=O)C(N)CO)C(=O)NC(Cc1c[nH]c2ccccc12)C(=O)O. The highest BCUT2D eigenvalue weighted by molar-refractivity contribution is 5.99. The van der Waals surface area contributed by atoms with Gasteiger partial charge in [-0.05, 0) is 54.7 Å². The van der Waals surface area contributed by atoms with Crippen LogP contribution >= 0.6 is 0 Å². The van der Waals surface area contributed by atoms with E-state index in [0.717, 1.165) is 23.3 Å². The molecule has 1 aliphatic heterocycles. The molecule has 0 aliphatic carbocycles. The van der Waals surface area contributed by atoms with Crippen molar-refractivity contribution in [1.29, 1.82) is 0 Å². The maximum Gasteiger partial charge on any atom is 0.326 e. The maximum atomic E-state index is 14.5. The highest BCUT2D eigenvalue weighted by Crippen LogP contribution is 2.25. The molecule has 8 unspecified atom stereocenters. The summed E-state index contributed by atoms with van der Waals surface area (Å²) < 4.78 is 0. The lowest BCUT2D eigenvalue weighted by Crippen LogP contribution is -2.61. The Balaban J connectivity index is 1.10. The van der Waals surface area contributed by atoms with Gasteiger partial charge in [0.25, 0.3) is 0 Å². The van der Waals surface area contributed by atoms with Gasteiger partial charge >= 0.3 is 11.9 Å². The third kappa shape index (κ3) is 12.0. The molecule has 0 radical (unpaired) electrons. The summed E-state index contributed by atoms with van der Waals surface area (Å²) >= 11 is 0. The zero-order chi connectivity index (χ0) is 50.9. The van der Waals surface area contributed by atoms with Crippen LogP contribution in [0, 0.1) is 0 Å². The van der Waals surface area contributed by atoms with Gasteiger partial charge in [-0.15, -0.1) is 0 Å². The number of carbonyl (C=O) groups is 8. The van der Waals surface area contributed by atoms with E-state index in [1.54, 1.807) is 67.1 Å². The van der Waals surface area contributed by atoms with Crippen LogP contribution in [0.15, 0.2) is 91.4 Å². The van der Waals surface area contributed by atoms with Gasteiger partial charge in [-0.1, -0.05) is 54.6 Å². The highest BCUT2D eigenvalue weighted by atomic mass is 16.4. The molecule has 374 valence electrons. The molecule has 6 amide bonds. The molecule has 22 heteroatoms. The van der Waals surface area contributed by atoms with Crippen LogP contribution in [0.4, 0.5) is 0 Å². The first kappa shape index (κ1) is 50.8. The van der Waals surface area contributed by atoms with Gasteiger partial charge < -0.3 is 72.6 Å². The summed E-state index contributed by atoms with van der Waals surface area (Å²) in [5, 5.41) is 54.8. The van der Waals surface area contributed by atoms with Crippen molar-refractivity contribution in [3.05, 3.63) is 108 Å². The number of nitrogens with two attached hydrogens (primary N) is 1. The zero-order valence-corrected chi connectivity index (χ0v) is 38.5. The topological polar surface area (TPSA) is 354 Å². The maximum absolute atomic E-state index is 14.5. The van der Waals surface area contributed by atoms with E-state index in [1.165, 1.54) is 4.90 Å². The Hall–Kier alpha value is -8.08. The fourth-order valence-corrected chi connectivity index (χ4v) is 8.88. The predicted octanol–water partition coefficient (Wildman–Crippen LogP) is -0.167. The van der Waals surface area contributed by atoms with Gasteiger partial charge in [-0.2, -0.15) is 0 Å². The molecule has 1 aliphatic rings. The fourth-order valence-electron chi connectivity index (χ4n) is 8.88. The summed E-state index contributed by atoms with van der Waals surface area (Å²) in [6.45, 7) is 0.550. The zero-order valence-electron chi connectivity index (χ0n) is 38.5. The number of nitrogens with one attached hydrogen (secondary N) is 8. The largest absolute Gasteiger partial charge is 0.481 e. The van der Waals surface area contributed by atoms with E-state index in [9.17, 15) is 58.8 Å². The summed E-state index contributed by atoms with van der Waals surface area (Å²) in [5.41, 5.74) is 9.82. The number of carboxylic acid groups (broad SMARTS) is 2. The number of aromatic amines is 3. The predicted molar refractivity (Wildman–Crippen MR) is 257 cm³/mol. The van der Waals surface area contributed by atoms with Gasteiger partial charge in [-0.25, -0.2) is 4.79 Å². The van der Waals surface area contributed by atoms with Crippen LogP contribution in [-0.2, 0) is 57.6 Å². The normalized spacial score (nSPS) is 16.6. The number of hydrogen-bond acceptors (Lipinski definition) is 11. The van der Waals surface area contributed by atoms with Crippen LogP contribution in [0.3, 0.4) is 0 Å². The van der Waals surface area contributed by atoms with Crippen molar-refractivity contribution in [3.8, 4) is 0 Å². The molecule has 14 N–H and O–H groups in total. The van der Waals surface area contributed by atoms with Gasteiger partial charge in [-0.3, -0.25) is 33.6 Å². The minimum absolute atomic E-state index is 0.0150. The van der Waals surface area contributed by atoms with E-state index in [1.807, 2.05) is 24.3 Å². The van der Waals surface area contributed by atoms with Crippen molar-refractivity contribution in [3.63, 3.8) is 0 Å². The van der Waals surface area contributed by atoms with Gasteiger partial charge in [0.15, 0.2) is 0 Å². The van der Waals surface area contributed by atoms with E-state index in [4.69, 9.17) is 5.73 Å². The lowest BCUT2D eigenvalue weighted by molar-refractivity contribution is -0.144. The van der Waals surface area contributed by atoms with Crippen molar-refractivity contribution in [2.24, 2.45) is 5.73 Å². The minimum atomic E-state index is -1.90. The van der Waals surface area contributed by atoms with E-state index in [0.29, 0.717) is 39.4 Å². The Morgan fingerprint density at radius 2 is 1.10 bits per heavy atom. The number of aliphatic hydroxyl groups excluding tert-OH is 2. The molecule has 7 rings (SSSR count). The number of aromatic nitrogens is 3. The number of carboxylic acids is 2. The molecule has 4 heterocycles. The van der Waals surface area contributed by atoms with E-state index < -0.39 is 109 Å². The van der Waals surface area contributed by atoms with Gasteiger partial charge in [0.2, 0.25) is 35.4 Å². The Morgan fingerprint density at radius 3 is 1.59 bits per heavy atom. The molecule has 8 atom stereocenters. The average Bonchev–Trinajstić information content (AvgIpc) is 4.18. The number of para-hydroxylation sites is 3. The number of aliphatic hydroxyl groups is 2. The van der Waals surface area contributed by atoms with Crippen molar-refractivity contribution in [2.75, 3.05) is 13.2 Å². The molecule has 71 heavy (non-hydrogen) atoms. The Kier molecular flexibility index (Phi) is 16.1. The molecule has 1 saturated heterocycles. The molecule has 0 saturated carbocycles. The molecule has 0 spiro atoms. The van der Waals surface area contributed by atoms with Gasteiger partial charge in [0.05, 0.1) is 19.1 Å². The number of fused-ring (bicyclic) bond motifs is 3. The molecule has 0 bridgehead atoms.